The third kappa shape index (κ3) is 3.06. The van der Waals surface area contributed by atoms with Gasteiger partial charge >= 0.3 is 0 Å². The lowest BCUT2D eigenvalue weighted by Gasteiger charge is -2.35. The molecule has 0 bridgehead atoms. The van der Waals surface area contributed by atoms with Crippen molar-refractivity contribution in [1.29, 1.82) is 0 Å². The number of benzene rings is 1. The van der Waals surface area contributed by atoms with Crippen molar-refractivity contribution in [3.63, 3.8) is 0 Å². The molecule has 1 saturated heterocycles. The molecule has 17 heavy (non-hydrogen) atoms. The molecule has 0 aromatic heterocycles. The zero-order valence-corrected chi connectivity index (χ0v) is 11.5. The molecule has 94 valence electrons. The molecule has 0 aliphatic carbocycles. The summed E-state index contributed by atoms with van der Waals surface area (Å²) in [5, 5.41) is 0. The highest BCUT2D eigenvalue weighted by molar-refractivity contribution is 9.10. The van der Waals surface area contributed by atoms with Crippen molar-refractivity contribution in [2.75, 3.05) is 19.8 Å². The first-order chi connectivity index (χ1) is 8.22. The van der Waals surface area contributed by atoms with Gasteiger partial charge in [0.05, 0.1) is 17.7 Å². The number of morpholine rings is 1. The smallest absolute Gasteiger partial charge is 0.137 e. The summed E-state index contributed by atoms with van der Waals surface area (Å²) in [7, 11) is 0. The topological polar surface area (TPSA) is 12.5 Å². The SMILES string of the molecule is CCC1COCCN1Cc1cccc(F)c1Br. The van der Waals surface area contributed by atoms with Crippen LogP contribution in [-0.4, -0.2) is 30.7 Å². The van der Waals surface area contributed by atoms with Crippen LogP contribution < -0.4 is 0 Å². The van der Waals surface area contributed by atoms with E-state index in [0.29, 0.717) is 10.5 Å². The number of nitrogens with zero attached hydrogens (tertiary/aromatic N) is 1. The van der Waals surface area contributed by atoms with Crippen molar-refractivity contribution >= 4 is 15.9 Å². The third-order valence-electron chi connectivity index (χ3n) is 3.23. The Morgan fingerprint density at radius 2 is 2.35 bits per heavy atom. The molecule has 1 aromatic rings. The molecule has 1 fully saturated rings. The van der Waals surface area contributed by atoms with E-state index < -0.39 is 0 Å². The Hall–Kier alpha value is -0.450. The molecule has 0 spiro atoms. The summed E-state index contributed by atoms with van der Waals surface area (Å²) < 4.78 is 19.5. The van der Waals surface area contributed by atoms with E-state index in [1.165, 1.54) is 6.07 Å². The molecule has 0 amide bonds. The zero-order valence-electron chi connectivity index (χ0n) is 9.96. The maximum atomic E-state index is 13.4. The van der Waals surface area contributed by atoms with Crippen LogP contribution in [0.2, 0.25) is 0 Å². The largest absolute Gasteiger partial charge is 0.378 e. The molecule has 4 heteroatoms. The van der Waals surface area contributed by atoms with Gasteiger partial charge in [-0.15, -0.1) is 0 Å². The van der Waals surface area contributed by atoms with Crippen LogP contribution in [-0.2, 0) is 11.3 Å². The lowest BCUT2D eigenvalue weighted by molar-refractivity contribution is -0.0128. The standard InChI is InChI=1S/C13H17BrFNO/c1-2-11-9-17-7-6-16(11)8-10-4-3-5-12(15)13(10)14/h3-5,11H,2,6-9H2,1H3. The summed E-state index contributed by atoms with van der Waals surface area (Å²) in [5.41, 5.74) is 1.00. The van der Waals surface area contributed by atoms with Crippen molar-refractivity contribution in [2.45, 2.75) is 25.9 Å². The van der Waals surface area contributed by atoms with E-state index in [-0.39, 0.29) is 5.82 Å². The van der Waals surface area contributed by atoms with E-state index >= 15 is 0 Å². The van der Waals surface area contributed by atoms with Crippen LogP contribution in [0.25, 0.3) is 0 Å². The van der Waals surface area contributed by atoms with E-state index in [2.05, 4.69) is 27.8 Å². The predicted octanol–water partition coefficient (Wildman–Crippen LogP) is 3.20. The molecule has 2 nitrogen and oxygen atoms in total. The van der Waals surface area contributed by atoms with Crippen LogP contribution in [0.4, 0.5) is 4.39 Å². The maximum Gasteiger partial charge on any atom is 0.137 e. The Labute approximate surface area is 110 Å². The van der Waals surface area contributed by atoms with Crippen molar-refractivity contribution < 1.29 is 9.13 Å². The number of rotatable bonds is 3. The zero-order chi connectivity index (χ0) is 12.3. The second-order valence-electron chi connectivity index (χ2n) is 4.32. The van der Waals surface area contributed by atoms with Gasteiger partial charge in [0.25, 0.3) is 0 Å². The van der Waals surface area contributed by atoms with Crippen LogP contribution in [0.15, 0.2) is 22.7 Å². The number of halogens is 2. The molecule has 1 heterocycles. The van der Waals surface area contributed by atoms with Gasteiger partial charge in [-0.1, -0.05) is 19.1 Å². The fraction of sp³-hybridized carbons (Fsp3) is 0.538. The van der Waals surface area contributed by atoms with E-state index in [0.717, 1.165) is 38.3 Å². The van der Waals surface area contributed by atoms with Crippen LogP contribution in [0, 0.1) is 5.82 Å². The Bertz CT molecular complexity index is 386. The molecule has 1 aliphatic heterocycles. The van der Waals surface area contributed by atoms with Gasteiger partial charge in [-0.2, -0.15) is 0 Å². The van der Waals surface area contributed by atoms with Crippen LogP contribution in [0.1, 0.15) is 18.9 Å². The van der Waals surface area contributed by atoms with Gasteiger partial charge in [0.15, 0.2) is 0 Å². The summed E-state index contributed by atoms with van der Waals surface area (Å²) in [5.74, 6) is -0.191. The van der Waals surface area contributed by atoms with Gasteiger partial charge in [-0.25, -0.2) is 4.39 Å². The molecule has 0 N–H and O–H groups in total. The van der Waals surface area contributed by atoms with Gasteiger partial charge in [0, 0.05) is 19.1 Å². The fourth-order valence-corrected chi connectivity index (χ4v) is 2.55. The first-order valence-electron chi connectivity index (χ1n) is 5.97. The Kier molecular flexibility index (Phi) is 4.54. The summed E-state index contributed by atoms with van der Waals surface area (Å²) in [6.45, 7) is 5.40. The fourth-order valence-electron chi connectivity index (χ4n) is 2.16. The lowest BCUT2D eigenvalue weighted by atomic mass is 10.1. The van der Waals surface area contributed by atoms with Gasteiger partial charge in [-0.3, -0.25) is 4.90 Å². The summed E-state index contributed by atoms with van der Waals surface area (Å²) in [4.78, 5) is 2.36. The molecule has 0 saturated carbocycles. The average Bonchev–Trinajstić information content (AvgIpc) is 2.35. The van der Waals surface area contributed by atoms with Crippen LogP contribution in [0.5, 0.6) is 0 Å². The highest BCUT2D eigenvalue weighted by atomic mass is 79.9. The van der Waals surface area contributed by atoms with E-state index in [1.807, 2.05) is 6.07 Å². The Balaban J connectivity index is 2.11. The second-order valence-corrected chi connectivity index (χ2v) is 5.11. The monoisotopic (exact) mass is 301 g/mol. The summed E-state index contributed by atoms with van der Waals surface area (Å²) in [6.07, 6.45) is 1.06. The minimum Gasteiger partial charge on any atom is -0.378 e. The quantitative estimate of drug-likeness (QED) is 0.850. The van der Waals surface area contributed by atoms with Gasteiger partial charge < -0.3 is 4.74 Å². The number of hydrogen-bond donors (Lipinski definition) is 0. The molecule has 1 aromatic carbocycles. The third-order valence-corrected chi connectivity index (χ3v) is 4.11. The Morgan fingerprint density at radius 1 is 1.53 bits per heavy atom. The normalized spacial score (nSPS) is 21.7. The van der Waals surface area contributed by atoms with Crippen LogP contribution >= 0.6 is 15.9 Å². The van der Waals surface area contributed by atoms with Gasteiger partial charge in [0.1, 0.15) is 5.82 Å². The molecular weight excluding hydrogens is 285 g/mol. The summed E-state index contributed by atoms with van der Waals surface area (Å²) in [6, 6.07) is 5.65. The van der Waals surface area contributed by atoms with Crippen molar-refractivity contribution in [3.8, 4) is 0 Å². The average molecular weight is 302 g/mol. The molecule has 0 radical (unpaired) electrons. The first-order valence-corrected chi connectivity index (χ1v) is 6.76. The van der Waals surface area contributed by atoms with Crippen LogP contribution in [0.3, 0.4) is 0 Å². The predicted molar refractivity (Wildman–Crippen MR) is 69.4 cm³/mol. The van der Waals surface area contributed by atoms with E-state index in [4.69, 9.17) is 4.74 Å². The van der Waals surface area contributed by atoms with E-state index in [9.17, 15) is 4.39 Å². The van der Waals surface area contributed by atoms with Gasteiger partial charge in [-0.05, 0) is 34.0 Å². The highest BCUT2D eigenvalue weighted by Gasteiger charge is 2.22. The minimum atomic E-state index is -0.191. The summed E-state index contributed by atoms with van der Waals surface area (Å²) >= 11 is 3.32. The van der Waals surface area contributed by atoms with E-state index in [1.54, 1.807) is 6.07 Å². The molecule has 1 atom stereocenters. The van der Waals surface area contributed by atoms with Crippen molar-refractivity contribution in [1.82, 2.24) is 4.90 Å². The second kappa shape index (κ2) is 5.94. The lowest BCUT2D eigenvalue weighted by Crippen LogP contribution is -2.44. The van der Waals surface area contributed by atoms with Crippen molar-refractivity contribution in [3.05, 3.63) is 34.1 Å². The molecule has 1 aliphatic rings. The first kappa shape index (κ1) is 13.0. The minimum absolute atomic E-state index is 0.191. The number of hydrogen-bond acceptors (Lipinski definition) is 2. The number of ether oxygens (including phenoxy) is 1. The van der Waals surface area contributed by atoms with Crippen molar-refractivity contribution in [2.24, 2.45) is 0 Å². The maximum absolute atomic E-state index is 13.4. The molecule has 2 rings (SSSR count). The highest BCUT2D eigenvalue weighted by Crippen LogP contribution is 2.23. The van der Waals surface area contributed by atoms with Gasteiger partial charge in [0.2, 0.25) is 0 Å². The molecular formula is C13H17BrFNO. The Morgan fingerprint density at radius 3 is 3.12 bits per heavy atom. The molecule has 1 unspecified atom stereocenters.